The quantitative estimate of drug-likeness (QED) is 0.222. The molecule has 6 atom stereocenters. The van der Waals surface area contributed by atoms with Crippen LogP contribution in [-0.2, 0) is 68.5 Å². The number of carbonyl (C=O) groups excluding carboxylic acids is 6. The highest BCUT2D eigenvalue weighted by molar-refractivity contribution is 5.79. The van der Waals surface area contributed by atoms with E-state index >= 15 is 0 Å². The summed E-state index contributed by atoms with van der Waals surface area (Å²) in [5.74, 6) is -7.73. The molecule has 1 heterocycles. The van der Waals surface area contributed by atoms with Crippen molar-refractivity contribution in [3.8, 4) is 0 Å². The molecule has 1 aromatic carbocycles. The molecule has 0 unspecified atom stereocenters. The molecule has 1 saturated heterocycles. The van der Waals surface area contributed by atoms with Gasteiger partial charge in [0.1, 0.15) is 38.1 Å². The maximum atomic E-state index is 13.1. The Hall–Kier alpha value is -4.08. The number of hydrogen-bond acceptors (Lipinski definition) is 14. The van der Waals surface area contributed by atoms with Crippen molar-refractivity contribution in [1.29, 1.82) is 0 Å². The van der Waals surface area contributed by atoms with Crippen LogP contribution >= 0.6 is 0 Å². The zero-order valence-electron chi connectivity index (χ0n) is 23.9. The van der Waals surface area contributed by atoms with Crippen LogP contribution in [0.3, 0.4) is 0 Å². The second-order valence-corrected chi connectivity index (χ2v) is 9.28. The Balaban J connectivity index is 2.49. The summed E-state index contributed by atoms with van der Waals surface area (Å²) in [4.78, 5) is 73.3. The monoisotopic (exact) mass is 597 g/mol. The smallest absolute Gasteiger partial charge is 0.366 e. The average molecular weight is 598 g/mol. The molecule has 1 amide bonds. The van der Waals surface area contributed by atoms with Gasteiger partial charge in [0.25, 0.3) is 5.79 Å². The molecular formula is C27H35NO14. The zero-order valence-corrected chi connectivity index (χ0v) is 23.9. The summed E-state index contributed by atoms with van der Waals surface area (Å²) in [5, 5.41) is 13.4. The van der Waals surface area contributed by atoms with Crippen molar-refractivity contribution in [3.63, 3.8) is 0 Å². The van der Waals surface area contributed by atoms with Crippen molar-refractivity contribution in [1.82, 2.24) is 5.32 Å². The van der Waals surface area contributed by atoms with E-state index in [0.717, 1.165) is 34.8 Å². The van der Waals surface area contributed by atoms with E-state index in [-0.39, 0.29) is 6.61 Å². The van der Waals surface area contributed by atoms with Gasteiger partial charge in [-0.1, -0.05) is 30.3 Å². The van der Waals surface area contributed by atoms with Gasteiger partial charge in [0.15, 0.2) is 6.10 Å². The zero-order chi connectivity index (χ0) is 31.4. The van der Waals surface area contributed by atoms with Gasteiger partial charge in [-0.05, 0) is 5.56 Å². The number of aliphatic hydroxyl groups is 1. The minimum Gasteiger partial charge on any atom is -0.465 e. The van der Waals surface area contributed by atoms with Crippen molar-refractivity contribution < 1.29 is 67.0 Å². The lowest BCUT2D eigenvalue weighted by Gasteiger charge is -2.48. The molecular weight excluding hydrogens is 562 g/mol. The maximum Gasteiger partial charge on any atom is 0.366 e. The number of aliphatic hydroxyl groups excluding tert-OH is 1. The molecule has 232 valence electrons. The number of amides is 1. The van der Waals surface area contributed by atoms with Gasteiger partial charge in [0.05, 0.1) is 19.6 Å². The van der Waals surface area contributed by atoms with Crippen LogP contribution in [0.5, 0.6) is 0 Å². The second-order valence-electron chi connectivity index (χ2n) is 9.28. The summed E-state index contributed by atoms with van der Waals surface area (Å²) < 4.78 is 37.1. The van der Waals surface area contributed by atoms with Gasteiger partial charge in [-0.3, -0.25) is 19.2 Å². The highest BCUT2D eigenvalue weighted by Gasteiger charge is 2.59. The predicted molar refractivity (Wildman–Crippen MR) is 138 cm³/mol. The van der Waals surface area contributed by atoms with E-state index in [1.807, 2.05) is 0 Å². The third-order valence-electron chi connectivity index (χ3n) is 5.86. The van der Waals surface area contributed by atoms with E-state index in [9.17, 15) is 33.9 Å². The van der Waals surface area contributed by atoms with Crippen molar-refractivity contribution in [2.45, 2.75) is 77.0 Å². The highest BCUT2D eigenvalue weighted by Crippen LogP contribution is 2.36. The molecule has 0 bridgehead atoms. The average Bonchev–Trinajstić information content (AvgIpc) is 2.93. The number of nitrogens with one attached hydrogen (secondary N) is 1. The van der Waals surface area contributed by atoms with E-state index in [1.165, 1.54) is 0 Å². The summed E-state index contributed by atoms with van der Waals surface area (Å²) >= 11 is 0. The van der Waals surface area contributed by atoms with Gasteiger partial charge in [0, 0.05) is 27.7 Å². The molecule has 0 radical (unpaired) electrons. The largest absolute Gasteiger partial charge is 0.465 e. The molecule has 1 aliphatic heterocycles. The summed E-state index contributed by atoms with van der Waals surface area (Å²) in [6.07, 6.45) is -7.17. The summed E-state index contributed by atoms with van der Waals surface area (Å²) in [7, 11) is 0.999. The Labute approximate surface area is 241 Å². The second kappa shape index (κ2) is 15.8. The SMILES string of the molecule is COC(=O)[C@@]1(OCC(=O)OCc2ccccc2)C[C@H](OC(C)=O)[C@@H](NC(C)=O)[C@H]([C@H](OC(C)=O)[C@H](O)COC(C)=O)O1. The minimum absolute atomic E-state index is 0.102. The lowest BCUT2D eigenvalue weighted by atomic mass is 9.88. The van der Waals surface area contributed by atoms with Crippen molar-refractivity contribution in [3.05, 3.63) is 35.9 Å². The number of carbonyl (C=O) groups is 6. The molecule has 0 saturated carbocycles. The Morgan fingerprint density at radius 2 is 1.67 bits per heavy atom. The van der Waals surface area contributed by atoms with Gasteiger partial charge in [-0.2, -0.15) is 0 Å². The molecule has 1 aromatic rings. The number of esters is 5. The minimum atomic E-state index is -2.49. The van der Waals surface area contributed by atoms with Crippen LogP contribution < -0.4 is 5.32 Å². The number of rotatable bonds is 13. The molecule has 2 rings (SSSR count). The van der Waals surface area contributed by atoms with Crippen LogP contribution in [0.25, 0.3) is 0 Å². The number of benzene rings is 1. The van der Waals surface area contributed by atoms with Crippen LogP contribution in [0.15, 0.2) is 30.3 Å². The van der Waals surface area contributed by atoms with Gasteiger partial charge < -0.3 is 43.6 Å². The summed E-state index contributed by atoms with van der Waals surface area (Å²) in [5.41, 5.74) is 0.682. The van der Waals surface area contributed by atoms with Crippen LogP contribution in [-0.4, -0.2) is 97.4 Å². The fourth-order valence-corrected chi connectivity index (χ4v) is 4.20. The third-order valence-corrected chi connectivity index (χ3v) is 5.86. The summed E-state index contributed by atoms with van der Waals surface area (Å²) in [6.45, 7) is 2.66. The molecule has 0 aromatic heterocycles. The van der Waals surface area contributed by atoms with Gasteiger partial charge >= 0.3 is 29.8 Å². The first-order chi connectivity index (χ1) is 19.8. The Bertz CT molecular complexity index is 1130. The molecule has 0 spiro atoms. The normalized spacial score (nSPS) is 23.0. The van der Waals surface area contributed by atoms with E-state index in [4.69, 9.17) is 33.2 Å². The van der Waals surface area contributed by atoms with Crippen LogP contribution in [0, 0.1) is 0 Å². The number of methoxy groups -OCH3 is 1. The Kier molecular flexibility index (Phi) is 12.8. The lowest BCUT2D eigenvalue weighted by molar-refractivity contribution is -0.313. The van der Waals surface area contributed by atoms with Gasteiger partial charge in [-0.25, -0.2) is 9.59 Å². The van der Waals surface area contributed by atoms with Crippen molar-refractivity contribution in [2.75, 3.05) is 20.3 Å². The van der Waals surface area contributed by atoms with E-state index in [1.54, 1.807) is 30.3 Å². The fourth-order valence-electron chi connectivity index (χ4n) is 4.20. The topological polar surface area (TPSA) is 199 Å². The summed E-state index contributed by atoms with van der Waals surface area (Å²) in [6, 6.07) is 7.39. The fraction of sp³-hybridized carbons (Fsp3) is 0.556. The molecule has 2 N–H and O–H groups in total. The van der Waals surface area contributed by atoms with Crippen molar-refractivity contribution in [2.24, 2.45) is 0 Å². The molecule has 15 heteroatoms. The lowest BCUT2D eigenvalue weighted by Crippen LogP contribution is -2.69. The Morgan fingerprint density at radius 3 is 2.21 bits per heavy atom. The molecule has 0 aliphatic carbocycles. The first-order valence-corrected chi connectivity index (χ1v) is 12.8. The molecule has 42 heavy (non-hydrogen) atoms. The van der Waals surface area contributed by atoms with Gasteiger partial charge in [0.2, 0.25) is 5.91 Å². The van der Waals surface area contributed by atoms with E-state index in [0.29, 0.717) is 5.56 Å². The molecule has 15 nitrogen and oxygen atoms in total. The maximum absolute atomic E-state index is 13.1. The highest BCUT2D eigenvalue weighted by atomic mass is 16.7. The Morgan fingerprint density at radius 1 is 1.00 bits per heavy atom. The van der Waals surface area contributed by atoms with Crippen molar-refractivity contribution >= 4 is 35.8 Å². The number of hydrogen-bond donors (Lipinski definition) is 2. The van der Waals surface area contributed by atoms with E-state index in [2.05, 4.69) is 5.32 Å². The van der Waals surface area contributed by atoms with Crippen LogP contribution in [0.4, 0.5) is 0 Å². The number of ether oxygens (including phenoxy) is 7. The third kappa shape index (κ3) is 10.1. The molecule has 1 aliphatic rings. The first-order valence-electron chi connectivity index (χ1n) is 12.8. The molecule has 1 fully saturated rings. The predicted octanol–water partition coefficient (Wildman–Crippen LogP) is -0.303. The van der Waals surface area contributed by atoms with Crippen LogP contribution in [0.2, 0.25) is 0 Å². The van der Waals surface area contributed by atoms with Crippen LogP contribution in [0.1, 0.15) is 39.7 Å². The first kappa shape index (κ1) is 34.1. The van der Waals surface area contributed by atoms with Gasteiger partial charge in [-0.15, -0.1) is 0 Å². The van der Waals surface area contributed by atoms with E-state index < -0.39 is 91.6 Å². The standard InChI is InChI=1S/C27H35NO14/c1-15(29)28-23-21(40-17(3)31)11-27(26(35)36-5,39-14-22(34)38-12-19-9-7-6-8-10-19)42-25(23)24(41-18(4)32)20(33)13-37-16(2)30/h6-10,20-21,23-25,33H,11-14H2,1-5H3,(H,28,29)/t20-,21+,23-,24-,25-,27-/m1/s1.